The van der Waals surface area contributed by atoms with Crippen LogP contribution in [0.1, 0.15) is 52.9 Å². The Kier molecular flexibility index (Phi) is 4.11. The van der Waals surface area contributed by atoms with E-state index in [4.69, 9.17) is 9.47 Å². The van der Waals surface area contributed by atoms with Gasteiger partial charge in [0, 0.05) is 18.9 Å². The summed E-state index contributed by atoms with van der Waals surface area (Å²) in [6.45, 7) is 6.89. The molecule has 100 valence electrons. The molecule has 2 aliphatic rings. The zero-order chi connectivity index (χ0) is 12.5. The Hall–Kier alpha value is -0.120. The van der Waals surface area contributed by atoms with E-state index in [0.717, 1.165) is 32.3 Å². The molecule has 4 unspecified atom stereocenters. The van der Waals surface area contributed by atoms with Crippen LogP contribution in [0, 0.1) is 11.8 Å². The first-order valence-electron chi connectivity index (χ1n) is 6.96. The fraction of sp³-hybridized carbons (Fsp3) is 1.00. The van der Waals surface area contributed by atoms with E-state index in [-0.39, 0.29) is 18.3 Å². The maximum Gasteiger partial charge on any atom is 0.158 e. The van der Waals surface area contributed by atoms with Crippen LogP contribution in [-0.2, 0) is 9.47 Å². The van der Waals surface area contributed by atoms with Crippen LogP contribution in [0.3, 0.4) is 0 Å². The first kappa shape index (κ1) is 13.3. The Labute approximate surface area is 104 Å². The third-order valence-corrected chi connectivity index (χ3v) is 4.18. The van der Waals surface area contributed by atoms with Gasteiger partial charge in [-0.05, 0) is 39.0 Å². The van der Waals surface area contributed by atoms with Crippen molar-refractivity contribution in [3.8, 4) is 0 Å². The van der Waals surface area contributed by atoms with Gasteiger partial charge < -0.3 is 14.6 Å². The lowest BCUT2D eigenvalue weighted by Crippen LogP contribution is -2.45. The lowest BCUT2D eigenvalue weighted by molar-refractivity contribution is -0.191. The van der Waals surface area contributed by atoms with Crippen molar-refractivity contribution in [2.45, 2.75) is 70.9 Å². The van der Waals surface area contributed by atoms with E-state index in [2.05, 4.69) is 6.92 Å². The SMILES string of the molecule is CC1CCC(C(C)(C)O)C(OC2CCCO2)C1. The molecule has 2 fully saturated rings. The van der Waals surface area contributed by atoms with Crippen LogP contribution in [0.4, 0.5) is 0 Å². The smallest absolute Gasteiger partial charge is 0.158 e. The van der Waals surface area contributed by atoms with Crippen molar-refractivity contribution in [3.63, 3.8) is 0 Å². The summed E-state index contributed by atoms with van der Waals surface area (Å²) in [4.78, 5) is 0. The highest BCUT2D eigenvalue weighted by molar-refractivity contribution is 4.89. The summed E-state index contributed by atoms with van der Waals surface area (Å²) in [6, 6.07) is 0. The van der Waals surface area contributed by atoms with Gasteiger partial charge in [0.05, 0.1) is 11.7 Å². The molecule has 3 heteroatoms. The van der Waals surface area contributed by atoms with E-state index in [1.807, 2.05) is 13.8 Å². The van der Waals surface area contributed by atoms with Crippen molar-refractivity contribution in [3.05, 3.63) is 0 Å². The van der Waals surface area contributed by atoms with Gasteiger partial charge in [-0.2, -0.15) is 0 Å². The Balaban J connectivity index is 1.98. The van der Waals surface area contributed by atoms with Crippen molar-refractivity contribution < 1.29 is 14.6 Å². The van der Waals surface area contributed by atoms with Crippen LogP contribution in [0.5, 0.6) is 0 Å². The highest BCUT2D eigenvalue weighted by atomic mass is 16.7. The van der Waals surface area contributed by atoms with Crippen molar-refractivity contribution >= 4 is 0 Å². The van der Waals surface area contributed by atoms with Gasteiger partial charge in [-0.15, -0.1) is 0 Å². The Morgan fingerprint density at radius 3 is 2.59 bits per heavy atom. The molecule has 0 bridgehead atoms. The number of hydrogen-bond acceptors (Lipinski definition) is 3. The minimum atomic E-state index is -0.649. The maximum atomic E-state index is 10.3. The van der Waals surface area contributed by atoms with Crippen molar-refractivity contribution in [1.82, 2.24) is 0 Å². The summed E-state index contributed by atoms with van der Waals surface area (Å²) in [5.41, 5.74) is -0.649. The van der Waals surface area contributed by atoms with Gasteiger partial charge in [0.1, 0.15) is 0 Å². The topological polar surface area (TPSA) is 38.7 Å². The molecule has 17 heavy (non-hydrogen) atoms. The van der Waals surface area contributed by atoms with Crippen LogP contribution < -0.4 is 0 Å². The fourth-order valence-corrected chi connectivity index (χ4v) is 3.14. The van der Waals surface area contributed by atoms with Crippen molar-refractivity contribution in [2.24, 2.45) is 11.8 Å². The first-order chi connectivity index (χ1) is 7.97. The third-order valence-electron chi connectivity index (χ3n) is 4.18. The second-order valence-corrected chi connectivity index (χ2v) is 6.30. The molecule has 0 aromatic rings. The number of hydrogen-bond donors (Lipinski definition) is 1. The summed E-state index contributed by atoms with van der Waals surface area (Å²) in [5, 5.41) is 10.3. The average Bonchev–Trinajstić information content (AvgIpc) is 2.68. The normalized spacial score (nSPS) is 39.5. The molecule has 3 nitrogen and oxygen atoms in total. The predicted molar refractivity (Wildman–Crippen MR) is 66.6 cm³/mol. The minimum absolute atomic E-state index is 0.0323. The number of ether oxygens (including phenoxy) is 2. The molecule has 1 saturated carbocycles. The largest absolute Gasteiger partial charge is 0.390 e. The monoisotopic (exact) mass is 242 g/mol. The van der Waals surface area contributed by atoms with Crippen LogP contribution >= 0.6 is 0 Å². The molecule has 0 radical (unpaired) electrons. The second-order valence-electron chi connectivity index (χ2n) is 6.30. The van der Waals surface area contributed by atoms with Gasteiger partial charge in [0.2, 0.25) is 0 Å². The van der Waals surface area contributed by atoms with E-state index >= 15 is 0 Å². The number of rotatable bonds is 3. The molecule has 2 rings (SSSR count). The molecule has 0 aromatic carbocycles. The van der Waals surface area contributed by atoms with E-state index in [1.165, 1.54) is 6.42 Å². The molecule has 0 amide bonds. The molecule has 0 aromatic heterocycles. The summed E-state index contributed by atoms with van der Waals surface area (Å²) in [7, 11) is 0. The molecule has 4 atom stereocenters. The molecule has 1 heterocycles. The summed E-state index contributed by atoms with van der Waals surface area (Å²) in [5.74, 6) is 0.933. The Morgan fingerprint density at radius 1 is 1.24 bits per heavy atom. The maximum absolute atomic E-state index is 10.3. The average molecular weight is 242 g/mol. The summed E-state index contributed by atoms with van der Waals surface area (Å²) < 4.78 is 11.6. The zero-order valence-corrected chi connectivity index (χ0v) is 11.3. The van der Waals surface area contributed by atoms with Crippen LogP contribution in [0.25, 0.3) is 0 Å². The molecule has 0 spiro atoms. The van der Waals surface area contributed by atoms with Gasteiger partial charge in [0.25, 0.3) is 0 Å². The van der Waals surface area contributed by atoms with Crippen LogP contribution in [-0.4, -0.2) is 29.7 Å². The first-order valence-corrected chi connectivity index (χ1v) is 6.96. The van der Waals surface area contributed by atoms with Crippen LogP contribution in [0.2, 0.25) is 0 Å². The van der Waals surface area contributed by atoms with Crippen LogP contribution in [0.15, 0.2) is 0 Å². The van der Waals surface area contributed by atoms with E-state index in [0.29, 0.717) is 5.92 Å². The molecular weight excluding hydrogens is 216 g/mol. The Bertz CT molecular complexity index is 240. The predicted octanol–water partition coefficient (Wildman–Crippen LogP) is 2.72. The van der Waals surface area contributed by atoms with Gasteiger partial charge in [-0.1, -0.05) is 13.3 Å². The third kappa shape index (κ3) is 3.43. The van der Waals surface area contributed by atoms with E-state index in [1.54, 1.807) is 0 Å². The van der Waals surface area contributed by atoms with E-state index < -0.39 is 5.60 Å². The summed E-state index contributed by atoms with van der Waals surface area (Å²) >= 11 is 0. The molecule has 1 N–H and O–H groups in total. The van der Waals surface area contributed by atoms with Crippen molar-refractivity contribution in [1.29, 1.82) is 0 Å². The van der Waals surface area contributed by atoms with Gasteiger partial charge in [-0.3, -0.25) is 0 Å². The molecular formula is C14H26O3. The lowest BCUT2D eigenvalue weighted by Gasteiger charge is -2.41. The van der Waals surface area contributed by atoms with E-state index in [9.17, 15) is 5.11 Å². The standard InChI is InChI=1S/C14H26O3/c1-10-6-7-11(14(2,3)15)12(9-10)17-13-5-4-8-16-13/h10-13,15H,4-9H2,1-3H3. The molecule has 1 saturated heterocycles. The zero-order valence-electron chi connectivity index (χ0n) is 11.3. The van der Waals surface area contributed by atoms with Gasteiger partial charge >= 0.3 is 0 Å². The van der Waals surface area contributed by atoms with Gasteiger partial charge in [0.15, 0.2) is 6.29 Å². The van der Waals surface area contributed by atoms with Crippen molar-refractivity contribution in [2.75, 3.05) is 6.61 Å². The highest BCUT2D eigenvalue weighted by Crippen LogP contribution is 2.38. The highest BCUT2D eigenvalue weighted by Gasteiger charge is 2.40. The number of aliphatic hydroxyl groups is 1. The Morgan fingerprint density at radius 2 is 2.00 bits per heavy atom. The second kappa shape index (κ2) is 5.25. The summed E-state index contributed by atoms with van der Waals surface area (Å²) in [6.07, 6.45) is 5.53. The minimum Gasteiger partial charge on any atom is -0.390 e. The quantitative estimate of drug-likeness (QED) is 0.827. The fourth-order valence-electron chi connectivity index (χ4n) is 3.14. The lowest BCUT2D eigenvalue weighted by atomic mass is 9.73. The van der Waals surface area contributed by atoms with Gasteiger partial charge in [-0.25, -0.2) is 0 Å². The molecule has 1 aliphatic heterocycles. The molecule has 1 aliphatic carbocycles.